The molecular formula is C13H20BrN3O2S. The van der Waals surface area contributed by atoms with E-state index in [2.05, 4.69) is 20.8 Å². The highest BCUT2D eigenvalue weighted by atomic mass is 79.9. The number of hydrazine groups is 1. The third-order valence-corrected chi connectivity index (χ3v) is 5.58. The van der Waals surface area contributed by atoms with Crippen molar-refractivity contribution in [2.45, 2.75) is 50.1 Å². The predicted molar refractivity (Wildman–Crippen MR) is 83.5 cm³/mol. The fraction of sp³-hybridized carbons (Fsp3) is 0.538. The first kappa shape index (κ1) is 15.8. The molecule has 112 valence electrons. The topological polar surface area (TPSA) is 75.4 Å². The number of hydrogen-bond acceptors (Lipinski definition) is 4. The van der Waals surface area contributed by atoms with Crippen LogP contribution in [0.5, 0.6) is 0 Å². The van der Waals surface area contributed by atoms with Crippen LogP contribution in [-0.4, -0.2) is 25.5 Å². The van der Waals surface area contributed by atoms with E-state index in [1.54, 1.807) is 12.1 Å². The van der Waals surface area contributed by atoms with Crippen LogP contribution in [0.4, 0.5) is 5.69 Å². The Morgan fingerprint density at radius 3 is 2.45 bits per heavy atom. The molecule has 0 spiro atoms. The standard InChI is InChI=1S/C13H20BrN3O2S/c1-9-4-3-5-10(2)17(9)16-20(18,19)13-7-6-11(14)8-12(13)15/h6-10,16H,3-5,15H2,1-2H3. The summed E-state index contributed by atoms with van der Waals surface area (Å²) < 4.78 is 25.7. The smallest absolute Gasteiger partial charge is 0.255 e. The molecule has 1 saturated heterocycles. The Hall–Kier alpha value is -0.630. The summed E-state index contributed by atoms with van der Waals surface area (Å²) in [7, 11) is -3.64. The highest BCUT2D eigenvalue weighted by Gasteiger charge is 2.29. The lowest BCUT2D eigenvalue weighted by Crippen LogP contribution is -2.54. The molecule has 0 bridgehead atoms. The van der Waals surface area contributed by atoms with Crippen molar-refractivity contribution in [2.24, 2.45) is 0 Å². The van der Waals surface area contributed by atoms with Crippen molar-refractivity contribution in [1.82, 2.24) is 9.84 Å². The van der Waals surface area contributed by atoms with Crippen LogP contribution in [-0.2, 0) is 10.0 Å². The zero-order chi connectivity index (χ0) is 14.9. The van der Waals surface area contributed by atoms with E-state index in [0.717, 1.165) is 23.7 Å². The van der Waals surface area contributed by atoms with Crippen molar-refractivity contribution in [1.29, 1.82) is 0 Å². The fourth-order valence-corrected chi connectivity index (χ4v) is 4.28. The maximum absolute atomic E-state index is 12.5. The Kier molecular flexibility index (Phi) is 4.73. The molecule has 1 heterocycles. The number of nitrogen functional groups attached to an aromatic ring is 1. The van der Waals surface area contributed by atoms with Crippen molar-refractivity contribution < 1.29 is 8.42 Å². The van der Waals surface area contributed by atoms with E-state index in [1.807, 2.05) is 18.9 Å². The summed E-state index contributed by atoms with van der Waals surface area (Å²) in [5.74, 6) is 0. The van der Waals surface area contributed by atoms with E-state index in [9.17, 15) is 8.42 Å². The number of anilines is 1. The van der Waals surface area contributed by atoms with Gasteiger partial charge in [0.05, 0.1) is 5.69 Å². The van der Waals surface area contributed by atoms with Crippen molar-refractivity contribution >= 4 is 31.6 Å². The molecule has 5 nitrogen and oxygen atoms in total. The largest absolute Gasteiger partial charge is 0.398 e. The Morgan fingerprint density at radius 2 is 1.90 bits per heavy atom. The Labute approximate surface area is 128 Å². The van der Waals surface area contributed by atoms with E-state index >= 15 is 0 Å². The van der Waals surface area contributed by atoms with Crippen LogP contribution in [0.3, 0.4) is 0 Å². The van der Waals surface area contributed by atoms with E-state index < -0.39 is 10.0 Å². The lowest BCUT2D eigenvalue weighted by Gasteiger charge is -2.38. The molecule has 0 amide bonds. The van der Waals surface area contributed by atoms with E-state index in [0.29, 0.717) is 0 Å². The van der Waals surface area contributed by atoms with Gasteiger partial charge in [0.25, 0.3) is 10.0 Å². The van der Waals surface area contributed by atoms with Gasteiger partial charge in [0, 0.05) is 16.6 Å². The molecule has 0 saturated carbocycles. The van der Waals surface area contributed by atoms with Crippen LogP contribution < -0.4 is 10.6 Å². The number of nitrogens with zero attached hydrogens (tertiary/aromatic N) is 1. The second-order valence-electron chi connectivity index (χ2n) is 5.31. The number of hydrogen-bond donors (Lipinski definition) is 2. The van der Waals surface area contributed by atoms with Gasteiger partial charge in [-0.2, -0.15) is 0 Å². The van der Waals surface area contributed by atoms with E-state index in [-0.39, 0.29) is 22.7 Å². The molecule has 0 radical (unpaired) electrons. The minimum atomic E-state index is -3.64. The predicted octanol–water partition coefficient (Wildman–Crippen LogP) is 2.49. The van der Waals surface area contributed by atoms with Gasteiger partial charge in [-0.25, -0.2) is 13.4 Å². The summed E-state index contributed by atoms with van der Waals surface area (Å²) >= 11 is 3.28. The summed E-state index contributed by atoms with van der Waals surface area (Å²) in [4.78, 5) is 2.80. The number of rotatable bonds is 3. The first-order valence-electron chi connectivity index (χ1n) is 6.67. The van der Waals surface area contributed by atoms with Gasteiger partial charge in [-0.15, -0.1) is 4.83 Å². The van der Waals surface area contributed by atoms with Gasteiger partial charge in [-0.1, -0.05) is 22.4 Å². The first-order chi connectivity index (χ1) is 9.31. The normalized spacial score (nSPS) is 24.8. The molecule has 1 aliphatic rings. The molecule has 0 aromatic heterocycles. The number of nitrogens with two attached hydrogens (primary N) is 1. The fourth-order valence-electron chi connectivity index (χ4n) is 2.55. The van der Waals surface area contributed by atoms with Crippen LogP contribution in [0, 0.1) is 0 Å². The molecule has 2 unspecified atom stereocenters. The zero-order valence-electron chi connectivity index (χ0n) is 11.6. The summed E-state index contributed by atoms with van der Waals surface area (Å²) in [5, 5.41) is 1.82. The summed E-state index contributed by atoms with van der Waals surface area (Å²) in [5.41, 5.74) is 6.05. The number of sulfonamides is 1. The molecule has 2 atom stereocenters. The molecule has 1 aliphatic heterocycles. The Balaban J connectivity index is 2.26. The second-order valence-corrected chi connectivity index (χ2v) is 7.86. The van der Waals surface area contributed by atoms with Crippen molar-refractivity contribution in [3.05, 3.63) is 22.7 Å². The van der Waals surface area contributed by atoms with Crippen molar-refractivity contribution in [3.8, 4) is 0 Å². The van der Waals surface area contributed by atoms with Crippen LogP contribution in [0.2, 0.25) is 0 Å². The summed E-state index contributed by atoms with van der Waals surface area (Å²) in [6, 6.07) is 5.16. The molecule has 0 aliphatic carbocycles. The van der Waals surface area contributed by atoms with Gasteiger partial charge >= 0.3 is 0 Å². The van der Waals surface area contributed by atoms with Crippen molar-refractivity contribution in [3.63, 3.8) is 0 Å². The number of halogens is 1. The van der Waals surface area contributed by atoms with Gasteiger partial charge in [0.1, 0.15) is 4.90 Å². The first-order valence-corrected chi connectivity index (χ1v) is 8.94. The van der Waals surface area contributed by atoms with Gasteiger partial charge in [0.2, 0.25) is 0 Å². The molecule has 1 aromatic carbocycles. The monoisotopic (exact) mass is 361 g/mol. The highest BCUT2D eigenvalue weighted by molar-refractivity contribution is 9.10. The average Bonchev–Trinajstić information content (AvgIpc) is 2.33. The lowest BCUT2D eigenvalue weighted by atomic mass is 10.0. The number of nitrogens with one attached hydrogen (secondary N) is 1. The Bertz CT molecular complexity index is 581. The highest BCUT2D eigenvalue weighted by Crippen LogP contribution is 2.25. The number of benzene rings is 1. The van der Waals surface area contributed by atoms with Gasteiger partial charge in [0.15, 0.2) is 0 Å². The zero-order valence-corrected chi connectivity index (χ0v) is 14.0. The molecule has 20 heavy (non-hydrogen) atoms. The second kappa shape index (κ2) is 6.01. The minimum absolute atomic E-state index is 0.116. The number of piperidine rings is 1. The Morgan fingerprint density at radius 1 is 1.30 bits per heavy atom. The van der Waals surface area contributed by atoms with Crippen LogP contribution in [0.25, 0.3) is 0 Å². The molecular weight excluding hydrogens is 342 g/mol. The van der Waals surface area contributed by atoms with Gasteiger partial charge in [-0.05, 0) is 44.9 Å². The average molecular weight is 362 g/mol. The molecule has 3 N–H and O–H groups in total. The lowest BCUT2D eigenvalue weighted by molar-refractivity contribution is 0.0790. The van der Waals surface area contributed by atoms with Crippen LogP contribution in [0.1, 0.15) is 33.1 Å². The molecule has 1 aromatic rings. The van der Waals surface area contributed by atoms with Crippen LogP contribution >= 0.6 is 15.9 Å². The maximum atomic E-state index is 12.5. The molecule has 2 rings (SSSR count). The summed E-state index contributed by atoms with van der Waals surface area (Å²) in [6.07, 6.45) is 3.10. The third-order valence-electron chi connectivity index (χ3n) is 3.68. The summed E-state index contributed by atoms with van der Waals surface area (Å²) in [6.45, 7) is 4.06. The van der Waals surface area contributed by atoms with Crippen molar-refractivity contribution in [2.75, 3.05) is 5.73 Å². The quantitative estimate of drug-likeness (QED) is 0.810. The minimum Gasteiger partial charge on any atom is -0.398 e. The SMILES string of the molecule is CC1CCCC(C)N1NS(=O)(=O)c1ccc(Br)cc1N. The van der Waals surface area contributed by atoms with Gasteiger partial charge in [-0.3, -0.25) is 0 Å². The van der Waals surface area contributed by atoms with Gasteiger partial charge < -0.3 is 5.73 Å². The van der Waals surface area contributed by atoms with E-state index in [4.69, 9.17) is 5.73 Å². The molecule has 1 fully saturated rings. The van der Waals surface area contributed by atoms with Crippen LogP contribution in [0.15, 0.2) is 27.6 Å². The third kappa shape index (κ3) is 3.33. The van der Waals surface area contributed by atoms with E-state index in [1.165, 1.54) is 6.07 Å². The molecule has 7 heteroatoms. The maximum Gasteiger partial charge on any atom is 0.255 e.